The van der Waals surface area contributed by atoms with E-state index in [2.05, 4.69) is 12.2 Å². The molecule has 0 fully saturated rings. The van der Waals surface area contributed by atoms with Crippen molar-refractivity contribution in [1.82, 2.24) is 5.32 Å². The minimum Gasteiger partial charge on any atom is -0.306 e. The summed E-state index contributed by atoms with van der Waals surface area (Å²) in [5, 5.41) is 3.35. The van der Waals surface area contributed by atoms with Crippen LogP contribution >= 0.6 is 0 Å². The van der Waals surface area contributed by atoms with Crippen molar-refractivity contribution in [1.29, 1.82) is 0 Å². The van der Waals surface area contributed by atoms with E-state index in [-0.39, 0.29) is 17.7 Å². The van der Waals surface area contributed by atoms with Gasteiger partial charge in [0.05, 0.1) is 6.04 Å². The van der Waals surface area contributed by atoms with Crippen molar-refractivity contribution in [3.63, 3.8) is 0 Å². The molecule has 0 amide bonds. The Kier molecular flexibility index (Phi) is 5.07. The van der Waals surface area contributed by atoms with Crippen molar-refractivity contribution >= 4 is 0 Å². The van der Waals surface area contributed by atoms with Gasteiger partial charge in [0.25, 0.3) is 0 Å². The molecule has 1 nitrogen and oxygen atoms in total. The summed E-state index contributed by atoms with van der Waals surface area (Å²) in [7, 11) is 0. The maximum absolute atomic E-state index is 14.3. The quantitative estimate of drug-likeness (QED) is 0.843. The van der Waals surface area contributed by atoms with Crippen molar-refractivity contribution in [2.75, 3.05) is 6.54 Å². The van der Waals surface area contributed by atoms with Crippen molar-refractivity contribution in [3.8, 4) is 0 Å². The smallest absolute Gasteiger partial charge is 0.128 e. The Bertz CT molecular complexity index is 623. The van der Waals surface area contributed by atoms with Crippen LogP contribution in [0.2, 0.25) is 0 Å². The molecule has 2 rings (SSSR count). The highest BCUT2D eigenvalue weighted by atomic mass is 19.1. The van der Waals surface area contributed by atoms with Crippen LogP contribution in [0.1, 0.15) is 41.6 Å². The van der Waals surface area contributed by atoms with Gasteiger partial charge in [-0.3, -0.25) is 0 Å². The van der Waals surface area contributed by atoms with Gasteiger partial charge >= 0.3 is 0 Å². The van der Waals surface area contributed by atoms with E-state index in [0.717, 1.165) is 24.1 Å². The maximum atomic E-state index is 14.3. The molecule has 0 aliphatic heterocycles. The van der Waals surface area contributed by atoms with Gasteiger partial charge in [-0.1, -0.05) is 31.2 Å². The largest absolute Gasteiger partial charge is 0.306 e. The molecule has 1 atom stereocenters. The lowest BCUT2D eigenvalue weighted by molar-refractivity contribution is 0.544. The first-order valence-corrected chi connectivity index (χ1v) is 7.28. The second-order valence-corrected chi connectivity index (χ2v) is 5.42. The van der Waals surface area contributed by atoms with E-state index in [1.165, 1.54) is 12.1 Å². The second kappa shape index (κ2) is 6.81. The topological polar surface area (TPSA) is 12.0 Å². The van der Waals surface area contributed by atoms with Gasteiger partial charge < -0.3 is 5.32 Å². The molecule has 0 aliphatic rings. The van der Waals surface area contributed by atoms with Crippen LogP contribution in [-0.2, 0) is 0 Å². The molecule has 0 spiro atoms. The predicted octanol–water partition coefficient (Wildman–Crippen LogP) is 4.67. The van der Waals surface area contributed by atoms with Gasteiger partial charge in [-0.2, -0.15) is 0 Å². The van der Waals surface area contributed by atoms with Crippen LogP contribution < -0.4 is 5.32 Å². The summed E-state index contributed by atoms with van der Waals surface area (Å²) in [5.41, 5.74) is 2.94. The summed E-state index contributed by atoms with van der Waals surface area (Å²) < 4.78 is 27.7. The minimum absolute atomic E-state index is 0.231. The van der Waals surface area contributed by atoms with Crippen LogP contribution in [0.25, 0.3) is 0 Å². The summed E-state index contributed by atoms with van der Waals surface area (Å²) in [5.74, 6) is -0.469. The Balaban J connectivity index is 2.44. The van der Waals surface area contributed by atoms with Crippen molar-refractivity contribution in [2.45, 2.75) is 33.2 Å². The normalized spacial score (nSPS) is 12.4. The average Bonchev–Trinajstić information content (AvgIpc) is 2.44. The number of halogens is 2. The van der Waals surface area contributed by atoms with Crippen molar-refractivity contribution in [2.24, 2.45) is 0 Å². The van der Waals surface area contributed by atoms with Gasteiger partial charge in [0.15, 0.2) is 0 Å². The zero-order valence-electron chi connectivity index (χ0n) is 12.7. The van der Waals surface area contributed by atoms with E-state index in [9.17, 15) is 8.78 Å². The van der Waals surface area contributed by atoms with Crippen molar-refractivity contribution in [3.05, 3.63) is 70.3 Å². The summed E-state index contributed by atoms with van der Waals surface area (Å²) in [6, 6.07) is 9.91. The number of aryl methyl sites for hydroxylation is 2. The number of hydrogen-bond acceptors (Lipinski definition) is 1. The van der Waals surface area contributed by atoms with Gasteiger partial charge in [0.2, 0.25) is 0 Å². The Morgan fingerprint density at radius 3 is 2.38 bits per heavy atom. The van der Waals surface area contributed by atoms with E-state index in [0.29, 0.717) is 11.1 Å². The lowest BCUT2D eigenvalue weighted by Gasteiger charge is -2.21. The van der Waals surface area contributed by atoms with Crippen LogP contribution in [0.3, 0.4) is 0 Å². The molecule has 3 heteroatoms. The lowest BCUT2D eigenvalue weighted by Crippen LogP contribution is -2.24. The summed E-state index contributed by atoms with van der Waals surface area (Å²) >= 11 is 0. The minimum atomic E-state index is -0.259. The molecule has 0 saturated heterocycles. The highest BCUT2D eigenvalue weighted by molar-refractivity contribution is 5.36. The molecule has 112 valence electrons. The molecule has 0 saturated carbocycles. The fraction of sp³-hybridized carbons (Fsp3) is 0.333. The molecule has 21 heavy (non-hydrogen) atoms. The molecule has 1 N–H and O–H groups in total. The first kappa shape index (κ1) is 15.6. The van der Waals surface area contributed by atoms with E-state index in [1.54, 1.807) is 25.1 Å². The molecule has 0 radical (unpaired) electrons. The molecule has 1 unspecified atom stereocenters. The van der Waals surface area contributed by atoms with Gasteiger partial charge in [-0.25, -0.2) is 8.78 Å². The highest BCUT2D eigenvalue weighted by Crippen LogP contribution is 2.26. The molecule has 2 aromatic carbocycles. The molecular weight excluding hydrogens is 268 g/mol. The molecule has 0 aliphatic carbocycles. The maximum Gasteiger partial charge on any atom is 0.128 e. The average molecular weight is 289 g/mol. The first-order valence-electron chi connectivity index (χ1n) is 7.28. The molecule has 0 aromatic heterocycles. The Morgan fingerprint density at radius 2 is 1.76 bits per heavy atom. The van der Waals surface area contributed by atoms with Crippen LogP contribution in [0.15, 0.2) is 36.4 Å². The first-order chi connectivity index (χ1) is 10.0. The van der Waals surface area contributed by atoms with Gasteiger partial charge in [0.1, 0.15) is 11.6 Å². The highest BCUT2D eigenvalue weighted by Gasteiger charge is 2.18. The van der Waals surface area contributed by atoms with Crippen LogP contribution in [0, 0.1) is 25.5 Å². The molecular formula is C18H21F2N. The third-order valence-electron chi connectivity index (χ3n) is 3.58. The number of nitrogens with one attached hydrogen (secondary N) is 1. The lowest BCUT2D eigenvalue weighted by atomic mass is 9.95. The Labute approximate surface area is 125 Å². The zero-order chi connectivity index (χ0) is 15.4. The van der Waals surface area contributed by atoms with E-state index in [4.69, 9.17) is 0 Å². The SMILES string of the molecule is CCCNC(c1ccc(F)c(C)c1)c1ccc(C)cc1F. The third-order valence-corrected chi connectivity index (χ3v) is 3.58. The van der Waals surface area contributed by atoms with Crippen LogP contribution in [0.4, 0.5) is 8.78 Å². The fourth-order valence-corrected chi connectivity index (χ4v) is 2.41. The molecule has 2 aromatic rings. The Morgan fingerprint density at radius 1 is 1.00 bits per heavy atom. The Hall–Kier alpha value is -1.74. The summed E-state index contributed by atoms with van der Waals surface area (Å²) in [6.07, 6.45) is 0.949. The van der Waals surface area contributed by atoms with E-state index < -0.39 is 0 Å². The van der Waals surface area contributed by atoms with Crippen LogP contribution in [0.5, 0.6) is 0 Å². The van der Waals surface area contributed by atoms with Crippen LogP contribution in [-0.4, -0.2) is 6.54 Å². The predicted molar refractivity (Wildman–Crippen MR) is 82.4 cm³/mol. The summed E-state index contributed by atoms with van der Waals surface area (Å²) in [6.45, 7) is 6.42. The van der Waals surface area contributed by atoms with Crippen molar-refractivity contribution < 1.29 is 8.78 Å². The summed E-state index contributed by atoms with van der Waals surface area (Å²) in [4.78, 5) is 0. The van der Waals surface area contributed by atoms with Gasteiger partial charge in [-0.05, 0) is 55.6 Å². The molecule has 0 bridgehead atoms. The fourth-order valence-electron chi connectivity index (χ4n) is 2.41. The van der Waals surface area contributed by atoms with E-state index >= 15 is 0 Å². The van der Waals surface area contributed by atoms with Gasteiger partial charge in [-0.15, -0.1) is 0 Å². The zero-order valence-corrected chi connectivity index (χ0v) is 12.7. The molecule has 0 heterocycles. The second-order valence-electron chi connectivity index (χ2n) is 5.42. The van der Waals surface area contributed by atoms with E-state index in [1.807, 2.05) is 13.0 Å². The standard InChI is InChI=1S/C18H21F2N/c1-4-9-21-18(14-6-8-16(19)13(3)11-14)15-7-5-12(2)10-17(15)20/h5-8,10-11,18,21H,4,9H2,1-3H3. The van der Waals surface area contributed by atoms with Gasteiger partial charge in [0, 0.05) is 5.56 Å². The third kappa shape index (κ3) is 3.67. The number of benzene rings is 2. The number of hydrogen-bond donors (Lipinski definition) is 1. The number of rotatable bonds is 5. The monoisotopic (exact) mass is 289 g/mol.